The monoisotopic (exact) mass is 340 g/mol. The lowest BCUT2D eigenvalue weighted by molar-refractivity contribution is 0.402. The van der Waals surface area contributed by atoms with Crippen LogP contribution in [0.15, 0.2) is 24.3 Å². The first kappa shape index (κ1) is 15.0. The number of aryl methyl sites for hydroxylation is 2. The number of halogens is 3. The van der Waals surface area contributed by atoms with Crippen molar-refractivity contribution in [1.29, 1.82) is 0 Å². The molecule has 20 heavy (non-hydrogen) atoms. The third-order valence-electron chi connectivity index (χ3n) is 3.29. The summed E-state index contributed by atoms with van der Waals surface area (Å²) in [6.45, 7) is 5.66. The minimum Gasteiger partial charge on any atom is -0.451 e. The highest BCUT2D eigenvalue weighted by Gasteiger charge is 2.16. The first-order chi connectivity index (χ1) is 9.43. The number of ether oxygens (including phenoxy) is 1. The SMILES string of the molecule is Cc1ccc(C)c(Oc2c(F)cc(CBr)cc2F)c1C. The van der Waals surface area contributed by atoms with Gasteiger partial charge in [-0.1, -0.05) is 28.1 Å². The number of alkyl halides is 1. The van der Waals surface area contributed by atoms with E-state index in [1.807, 2.05) is 32.9 Å². The highest BCUT2D eigenvalue weighted by atomic mass is 79.9. The van der Waals surface area contributed by atoms with Gasteiger partial charge in [0, 0.05) is 5.33 Å². The quantitative estimate of drug-likeness (QED) is 0.663. The molecule has 0 atom stereocenters. The summed E-state index contributed by atoms with van der Waals surface area (Å²) in [4.78, 5) is 0. The molecule has 0 radical (unpaired) electrons. The molecule has 4 heteroatoms. The number of benzene rings is 2. The van der Waals surface area contributed by atoms with Crippen molar-refractivity contribution >= 4 is 15.9 Å². The van der Waals surface area contributed by atoms with Crippen molar-refractivity contribution in [1.82, 2.24) is 0 Å². The van der Waals surface area contributed by atoms with E-state index in [0.29, 0.717) is 16.6 Å². The molecule has 0 aliphatic heterocycles. The van der Waals surface area contributed by atoms with Crippen LogP contribution in [0.5, 0.6) is 11.5 Å². The highest BCUT2D eigenvalue weighted by Crippen LogP contribution is 2.34. The molecule has 0 spiro atoms. The van der Waals surface area contributed by atoms with Crippen LogP contribution in [-0.4, -0.2) is 0 Å². The topological polar surface area (TPSA) is 9.23 Å². The maximum Gasteiger partial charge on any atom is 0.198 e. The molecule has 0 aliphatic carbocycles. The lowest BCUT2D eigenvalue weighted by Crippen LogP contribution is -1.98. The van der Waals surface area contributed by atoms with Gasteiger partial charge in [-0.3, -0.25) is 0 Å². The average Bonchev–Trinajstić information content (AvgIpc) is 2.41. The molecule has 2 rings (SSSR count). The second-order valence-electron chi connectivity index (χ2n) is 4.78. The predicted octanol–water partition coefficient (Wildman–Crippen LogP) is 5.58. The first-order valence-electron chi connectivity index (χ1n) is 6.22. The van der Waals surface area contributed by atoms with Gasteiger partial charge >= 0.3 is 0 Å². The van der Waals surface area contributed by atoms with E-state index < -0.39 is 11.6 Å². The molecule has 0 N–H and O–H groups in total. The van der Waals surface area contributed by atoms with Crippen LogP contribution in [0.2, 0.25) is 0 Å². The van der Waals surface area contributed by atoms with Crippen LogP contribution < -0.4 is 4.74 Å². The van der Waals surface area contributed by atoms with E-state index in [4.69, 9.17) is 4.74 Å². The molecular weight excluding hydrogens is 326 g/mol. The van der Waals surface area contributed by atoms with Crippen LogP contribution in [0.3, 0.4) is 0 Å². The molecule has 0 unspecified atom stereocenters. The van der Waals surface area contributed by atoms with Crippen molar-refractivity contribution in [3.8, 4) is 11.5 Å². The molecule has 106 valence electrons. The normalized spacial score (nSPS) is 10.7. The van der Waals surface area contributed by atoms with Gasteiger partial charge in [0.2, 0.25) is 0 Å². The maximum atomic E-state index is 14.0. The summed E-state index contributed by atoms with van der Waals surface area (Å²) in [6.07, 6.45) is 0. The van der Waals surface area contributed by atoms with Gasteiger partial charge in [0.1, 0.15) is 5.75 Å². The lowest BCUT2D eigenvalue weighted by Gasteiger charge is -2.15. The van der Waals surface area contributed by atoms with E-state index >= 15 is 0 Å². The Bertz CT molecular complexity index is 630. The van der Waals surface area contributed by atoms with E-state index in [2.05, 4.69) is 15.9 Å². The van der Waals surface area contributed by atoms with Crippen LogP contribution in [0, 0.1) is 32.4 Å². The number of hydrogen-bond acceptors (Lipinski definition) is 1. The van der Waals surface area contributed by atoms with Crippen molar-refractivity contribution in [2.75, 3.05) is 0 Å². The Morgan fingerprint density at radius 1 is 0.950 bits per heavy atom. The smallest absolute Gasteiger partial charge is 0.198 e. The largest absolute Gasteiger partial charge is 0.451 e. The van der Waals surface area contributed by atoms with Gasteiger partial charge in [-0.25, -0.2) is 8.78 Å². The van der Waals surface area contributed by atoms with Crippen LogP contribution in [0.4, 0.5) is 8.78 Å². The Hall–Kier alpha value is -1.42. The van der Waals surface area contributed by atoms with Crippen LogP contribution in [-0.2, 0) is 5.33 Å². The molecule has 0 bridgehead atoms. The van der Waals surface area contributed by atoms with Gasteiger partial charge in [0.15, 0.2) is 17.4 Å². The Balaban J connectivity index is 2.48. The zero-order chi connectivity index (χ0) is 14.9. The second-order valence-corrected chi connectivity index (χ2v) is 5.34. The van der Waals surface area contributed by atoms with Gasteiger partial charge in [0.25, 0.3) is 0 Å². The van der Waals surface area contributed by atoms with E-state index in [9.17, 15) is 8.78 Å². The van der Waals surface area contributed by atoms with Gasteiger partial charge in [-0.15, -0.1) is 0 Å². The average molecular weight is 341 g/mol. The Morgan fingerprint density at radius 3 is 2.05 bits per heavy atom. The van der Waals surface area contributed by atoms with E-state index in [1.54, 1.807) is 0 Å². The highest BCUT2D eigenvalue weighted by molar-refractivity contribution is 9.08. The fourth-order valence-corrected chi connectivity index (χ4v) is 2.30. The zero-order valence-electron chi connectivity index (χ0n) is 11.6. The van der Waals surface area contributed by atoms with Crippen LogP contribution in [0.25, 0.3) is 0 Å². The first-order valence-corrected chi connectivity index (χ1v) is 7.34. The van der Waals surface area contributed by atoms with Gasteiger partial charge < -0.3 is 4.74 Å². The Kier molecular flexibility index (Phi) is 4.43. The molecule has 0 aliphatic rings. The molecule has 2 aromatic carbocycles. The summed E-state index contributed by atoms with van der Waals surface area (Å²) in [6, 6.07) is 6.37. The molecule has 0 aromatic heterocycles. The van der Waals surface area contributed by atoms with Crippen molar-refractivity contribution in [2.24, 2.45) is 0 Å². The minimum atomic E-state index is -0.695. The van der Waals surface area contributed by atoms with Gasteiger partial charge in [-0.05, 0) is 55.2 Å². The summed E-state index contributed by atoms with van der Waals surface area (Å²) >= 11 is 3.18. The summed E-state index contributed by atoms with van der Waals surface area (Å²) in [5.41, 5.74) is 3.28. The van der Waals surface area contributed by atoms with E-state index in [0.717, 1.165) is 16.7 Å². The summed E-state index contributed by atoms with van der Waals surface area (Å²) in [7, 11) is 0. The standard InChI is InChI=1S/C16H15BrF2O/c1-9-4-5-10(2)15(11(9)3)20-16-13(18)6-12(8-17)7-14(16)19/h4-7H,8H2,1-3H3. The van der Waals surface area contributed by atoms with E-state index in [1.165, 1.54) is 12.1 Å². The third-order valence-corrected chi connectivity index (χ3v) is 3.94. The molecule has 0 saturated heterocycles. The van der Waals surface area contributed by atoms with Gasteiger partial charge in [-0.2, -0.15) is 0 Å². The lowest BCUT2D eigenvalue weighted by atomic mass is 10.1. The summed E-state index contributed by atoms with van der Waals surface area (Å²) in [5, 5.41) is 0.392. The number of hydrogen-bond donors (Lipinski definition) is 0. The Morgan fingerprint density at radius 2 is 1.50 bits per heavy atom. The molecule has 1 nitrogen and oxygen atoms in total. The number of rotatable bonds is 3. The molecule has 0 fully saturated rings. The summed E-state index contributed by atoms with van der Waals surface area (Å²) in [5.74, 6) is -1.24. The predicted molar refractivity (Wildman–Crippen MR) is 79.7 cm³/mol. The zero-order valence-corrected chi connectivity index (χ0v) is 13.1. The fraction of sp³-hybridized carbons (Fsp3) is 0.250. The van der Waals surface area contributed by atoms with E-state index in [-0.39, 0.29) is 5.75 Å². The van der Waals surface area contributed by atoms with Crippen molar-refractivity contribution < 1.29 is 13.5 Å². The summed E-state index contributed by atoms with van der Waals surface area (Å²) < 4.78 is 33.4. The van der Waals surface area contributed by atoms with Crippen molar-refractivity contribution in [3.63, 3.8) is 0 Å². The minimum absolute atomic E-state index is 0.355. The molecule has 0 heterocycles. The molecule has 0 amide bonds. The molecule has 0 saturated carbocycles. The van der Waals surface area contributed by atoms with Gasteiger partial charge in [0.05, 0.1) is 0 Å². The Labute approximate surface area is 125 Å². The van der Waals surface area contributed by atoms with Crippen LogP contribution >= 0.6 is 15.9 Å². The second kappa shape index (κ2) is 5.92. The van der Waals surface area contributed by atoms with Crippen molar-refractivity contribution in [3.05, 3.63) is 58.2 Å². The fourth-order valence-electron chi connectivity index (χ4n) is 1.97. The van der Waals surface area contributed by atoms with Crippen molar-refractivity contribution in [2.45, 2.75) is 26.1 Å². The molecular formula is C16H15BrF2O. The maximum absolute atomic E-state index is 14.0. The molecule has 2 aromatic rings. The third kappa shape index (κ3) is 2.85. The van der Waals surface area contributed by atoms with Crippen LogP contribution in [0.1, 0.15) is 22.3 Å².